The number of hydrogen-bond acceptors (Lipinski definition) is 6. The fourth-order valence-electron chi connectivity index (χ4n) is 5.09. The van der Waals surface area contributed by atoms with Crippen molar-refractivity contribution >= 4 is 16.9 Å². The zero-order chi connectivity index (χ0) is 27.1. The summed E-state index contributed by atoms with van der Waals surface area (Å²) >= 11 is 0. The van der Waals surface area contributed by atoms with E-state index in [0.29, 0.717) is 29.2 Å². The summed E-state index contributed by atoms with van der Waals surface area (Å²) in [4.78, 5) is 19.3. The summed E-state index contributed by atoms with van der Waals surface area (Å²) < 4.78 is 30.6. The van der Waals surface area contributed by atoms with Gasteiger partial charge >= 0.3 is 5.69 Å². The third-order valence-corrected chi connectivity index (χ3v) is 6.96. The van der Waals surface area contributed by atoms with E-state index in [-0.39, 0.29) is 29.6 Å². The molecule has 4 heterocycles. The normalized spacial score (nSPS) is 16.9. The van der Waals surface area contributed by atoms with Crippen molar-refractivity contribution in [3.63, 3.8) is 0 Å². The van der Waals surface area contributed by atoms with Crippen LogP contribution in [-0.2, 0) is 11.2 Å². The maximum Gasteiger partial charge on any atom is 0.328 e. The van der Waals surface area contributed by atoms with Crippen molar-refractivity contribution in [1.29, 1.82) is 0 Å². The van der Waals surface area contributed by atoms with Crippen molar-refractivity contribution in [1.82, 2.24) is 24.3 Å². The van der Waals surface area contributed by atoms with Crippen LogP contribution in [0.5, 0.6) is 11.5 Å². The standard InChI is InChI=1S/C29H29FN6O3/c1-4-23-20(15-32-36(23)19-8-6-5-7-9-19)27-22(16-38-27)33-18-10-11-24(21(30)14-18)39-25-12-13-31-28-26(25)35(17(2)3)29(37)34-28/h5-15,17,22,27,33H,4,16H2,1-3H3,(H,31,34,37). The van der Waals surface area contributed by atoms with Gasteiger partial charge < -0.3 is 14.8 Å². The number of ether oxygens (including phenoxy) is 2. The van der Waals surface area contributed by atoms with Crippen LogP contribution < -0.4 is 15.7 Å². The molecule has 1 saturated heterocycles. The quantitative estimate of drug-likeness (QED) is 0.275. The van der Waals surface area contributed by atoms with E-state index in [1.165, 1.54) is 12.3 Å². The molecule has 6 rings (SSSR count). The van der Waals surface area contributed by atoms with E-state index in [1.54, 1.807) is 22.8 Å². The van der Waals surface area contributed by atoms with Crippen molar-refractivity contribution in [3.05, 3.63) is 94.5 Å². The molecule has 1 aliphatic heterocycles. The van der Waals surface area contributed by atoms with Gasteiger partial charge in [0, 0.05) is 41.3 Å². The molecule has 10 heteroatoms. The van der Waals surface area contributed by atoms with Crippen molar-refractivity contribution in [2.75, 3.05) is 11.9 Å². The zero-order valence-electron chi connectivity index (χ0n) is 21.9. The van der Waals surface area contributed by atoms with Gasteiger partial charge in [-0.2, -0.15) is 5.10 Å². The highest BCUT2D eigenvalue weighted by Gasteiger charge is 2.36. The Labute approximate surface area is 224 Å². The molecule has 2 unspecified atom stereocenters. The molecule has 2 atom stereocenters. The first kappa shape index (κ1) is 24.9. The van der Waals surface area contributed by atoms with Gasteiger partial charge in [0.15, 0.2) is 23.0 Å². The van der Waals surface area contributed by atoms with E-state index < -0.39 is 5.82 Å². The highest BCUT2D eigenvalue weighted by molar-refractivity contribution is 5.78. The zero-order valence-corrected chi connectivity index (χ0v) is 21.9. The van der Waals surface area contributed by atoms with Crippen LogP contribution in [0.2, 0.25) is 0 Å². The molecular formula is C29H29FN6O3. The van der Waals surface area contributed by atoms with Gasteiger partial charge in [0.05, 0.1) is 24.5 Å². The van der Waals surface area contributed by atoms with Crippen LogP contribution in [0, 0.1) is 5.82 Å². The van der Waals surface area contributed by atoms with Crippen LogP contribution in [-0.4, -0.2) is 37.0 Å². The van der Waals surface area contributed by atoms with Gasteiger partial charge in [-0.1, -0.05) is 25.1 Å². The Hall–Kier alpha value is -4.44. The highest BCUT2D eigenvalue weighted by Crippen LogP contribution is 2.36. The van der Waals surface area contributed by atoms with E-state index in [1.807, 2.05) is 55.1 Å². The summed E-state index contributed by atoms with van der Waals surface area (Å²) in [6.45, 7) is 6.37. The van der Waals surface area contributed by atoms with Crippen molar-refractivity contribution in [2.24, 2.45) is 0 Å². The Morgan fingerprint density at radius 2 is 2.00 bits per heavy atom. The van der Waals surface area contributed by atoms with Crippen LogP contribution in [0.15, 0.2) is 71.8 Å². The summed E-state index contributed by atoms with van der Waals surface area (Å²) in [5, 5.41) is 8.01. The Balaban J connectivity index is 1.21. The third-order valence-electron chi connectivity index (χ3n) is 6.96. The van der Waals surface area contributed by atoms with E-state index >= 15 is 4.39 Å². The van der Waals surface area contributed by atoms with Gasteiger partial charge in [0.25, 0.3) is 0 Å². The van der Waals surface area contributed by atoms with Crippen LogP contribution in [0.25, 0.3) is 16.9 Å². The van der Waals surface area contributed by atoms with Crippen molar-refractivity contribution < 1.29 is 13.9 Å². The second-order valence-electron chi connectivity index (χ2n) is 9.80. The number of imidazole rings is 1. The van der Waals surface area contributed by atoms with Gasteiger partial charge in [-0.15, -0.1) is 0 Å². The lowest BCUT2D eigenvalue weighted by Gasteiger charge is -2.38. The molecule has 0 amide bonds. The number of halogens is 1. The molecule has 1 fully saturated rings. The lowest BCUT2D eigenvalue weighted by molar-refractivity contribution is -0.0673. The van der Waals surface area contributed by atoms with Crippen molar-refractivity contribution in [2.45, 2.75) is 45.4 Å². The Kier molecular flexibility index (Phi) is 6.40. The first-order chi connectivity index (χ1) is 18.9. The number of fused-ring (bicyclic) bond motifs is 1. The molecule has 0 aliphatic carbocycles. The third kappa shape index (κ3) is 4.46. The number of hydrogen-bond donors (Lipinski definition) is 2. The van der Waals surface area contributed by atoms with Gasteiger partial charge in [-0.25, -0.2) is 18.9 Å². The SMILES string of the molecule is CCc1c(C2OCC2Nc2ccc(Oc3ccnc4[nH]c(=O)n(C(C)C)c34)c(F)c2)cnn1-c1ccccc1. The molecule has 0 spiro atoms. The topological polar surface area (TPSA) is 99.0 Å². The first-order valence-electron chi connectivity index (χ1n) is 13.0. The molecule has 9 nitrogen and oxygen atoms in total. The van der Waals surface area contributed by atoms with E-state index in [9.17, 15) is 4.79 Å². The minimum Gasteiger partial charge on any atom is -0.452 e. The number of nitrogens with zero attached hydrogens (tertiary/aromatic N) is 4. The number of aromatic amines is 1. The number of H-pyrrole nitrogens is 1. The van der Waals surface area contributed by atoms with Gasteiger partial charge in [-0.3, -0.25) is 9.55 Å². The fourth-order valence-corrected chi connectivity index (χ4v) is 5.09. The highest BCUT2D eigenvalue weighted by atomic mass is 19.1. The second-order valence-corrected chi connectivity index (χ2v) is 9.80. The van der Waals surface area contributed by atoms with Gasteiger partial charge in [0.1, 0.15) is 11.6 Å². The fraction of sp³-hybridized carbons (Fsp3) is 0.276. The predicted octanol–water partition coefficient (Wildman–Crippen LogP) is 5.54. The maximum atomic E-state index is 15.2. The maximum absolute atomic E-state index is 15.2. The summed E-state index contributed by atoms with van der Waals surface area (Å²) in [6, 6.07) is 16.2. The number of aromatic nitrogens is 5. The van der Waals surface area contributed by atoms with E-state index in [4.69, 9.17) is 9.47 Å². The summed E-state index contributed by atoms with van der Waals surface area (Å²) in [7, 11) is 0. The average Bonchev–Trinajstić information content (AvgIpc) is 3.49. The lowest BCUT2D eigenvalue weighted by Crippen LogP contribution is -2.44. The van der Waals surface area contributed by atoms with Crippen LogP contribution >= 0.6 is 0 Å². The molecule has 1 aliphatic rings. The second kappa shape index (κ2) is 10.0. The Bertz CT molecular complexity index is 1690. The molecular weight excluding hydrogens is 499 g/mol. The Morgan fingerprint density at radius 1 is 1.18 bits per heavy atom. The molecule has 0 saturated carbocycles. The number of nitrogens with one attached hydrogen (secondary N) is 2. The summed E-state index contributed by atoms with van der Waals surface area (Å²) in [5.74, 6) is -0.126. The number of para-hydroxylation sites is 1. The number of pyridine rings is 1. The van der Waals surface area contributed by atoms with Crippen LogP contribution in [0.4, 0.5) is 10.1 Å². The van der Waals surface area contributed by atoms with Crippen LogP contribution in [0.3, 0.4) is 0 Å². The van der Waals surface area contributed by atoms with Crippen LogP contribution in [0.1, 0.15) is 44.2 Å². The Morgan fingerprint density at radius 3 is 2.69 bits per heavy atom. The summed E-state index contributed by atoms with van der Waals surface area (Å²) in [6.07, 6.45) is 3.98. The minimum absolute atomic E-state index is 0.0324. The molecule has 2 N–H and O–H groups in total. The molecule has 3 aromatic heterocycles. The minimum atomic E-state index is -0.526. The summed E-state index contributed by atoms with van der Waals surface area (Å²) in [5.41, 5.74) is 4.32. The molecule has 200 valence electrons. The predicted molar refractivity (Wildman–Crippen MR) is 146 cm³/mol. The van der Waals surface area contributed by atoms with E-state index in [0.717, 1.165) is 23.4 Å². The van der Waals surface area contributed by atoms with E-state index in [2.05, 4.69) is 27.3 Å². The molecule has 0 radical (unpaired) electrons. The number of benzene rings is 2. The monoisotopic (exact) mass is 528 g/mol. The van der Waals surface area contributed by atoms with Crippen molar-refractivity contribution in [3.8, 4) is 17.2 Å². The molecule has 2 aromatic carbocycles. The number of anilines is 1. The average molecular weight is 529 g/mol. The molecule has 5 aromatic rings. The first-order valence-corrected chi connectivity index (χ1v) is 13.0. The largest absolute Gasteiger partial charge is 0.452 e. The smallest absolute Gasteiger partial charge is 0.328 e. The molecule has 39 heavy (non-hydrogen) atoms. The number of rotatable bonds is 8. The van der Waals surface area contributed by atoms with Gasteiger partial charge in [0.2, 0.25) is 0 Å². The van der Waals surface area contributed by atoms with Gasteiger partial charge in [-0.05, 0) is 44.5 Å². The molecule has 0 bridgehead atoms. The lowest BCUT2D eigenvalue weighted by atomic mass is 9.97.